The number of amides is 2. The summed E-state index contributed by atoms with van der Waals surface area (Å²) in [5.74, 6) is -0.399. The summed E-state index contributed by atoms with van der Waals surface area (Å²) in [7, 11) is 0. The van der Waals surface area contributed by atoms with Crippen LogP contribution in [0.15, 0.2) is 29.6 Å². The number of carbonyl (C=O) groups is 2. The van der Waals surface area contributed by atoms with E-state index in [0.29, 0.717) is 5.69 Å². The molecule has 1 unspecified atom stereocenters. The van der Waals surface area contributed by atoms with Crippen molar-refractivity contribution < 1.29 is 9.59 Å². The van der Waals surface area contributed by atoms with E-state index in [9.17, 15) is 9.59 Å². The fourth-order valence-corrected chi connectivity index (χ4v) is 2.57. The molecule has 1 atom stereocenters. The molecule has 0 saturated heterocycles. The van der Waals surface area contributed by atoms with Gasteiger partial charge >= 0.3 is 0 Å². The highest BCUT2D eigenvalue weighted by atomic mass is 32.1. The lowest BCUT2D eigenvalue weighted by molar-refractivity contribution is -0.131. The molecule has 1 aromatic heterocycles. The molecule has 0 saturated carbocycles. The smallest absolute Gasteiger partial charge is 0.246 e. The van der Waals surface area contributed by atoms with Crippen LogP contribution in [0.5, 0.6) is 0 Å². The number of benzene rings is 1. The molecule has 0 spiro atoms. The highest BCUT2D eigenvalue weighted by Crippen LogP contribution is 2.23. The van der Waals surface area contributed by atoms with E-state index >= 15 is 0 Å². The average Bonchev–Trinajstić information content (AvgIpc) is 2.93. The first-order chi connectivity index (χ1) is 11.2. The molecule has 6 heteroatoms. The van der Waals surface area contributed by atoms with Gasteiger partial charge in [0.25, 0.3) is 0 Å². The Bertz CT molecular complexity index is 729. The summed E-state index contributed by atoms with van der Waals surface area (Å²) in [5.41, 5.74) is 2.10. The molecule has 5 nitrogen and oxygen atoms in total. The van der Waals surface area contributed by atoms with Crippen molar-refractivity contribution in [3.05, 3.63) is 34.7 Å². The van der Waals surface area contributed by atoms with Gasteiger partial charge in [0.1, 0.15) is 6.04 Å². The Balaban J connectivity index is 1.98. The van der Waals surface area contributed by atoms with Gasteiger partial charge in [0.15, 0.2) is 0 Å². The minimum absolute atomic E-state index is 0.153. The van der Waals surface area contributed by atoms with Crippen LogP contribution in [0.25, 0.3) is 11.3 Å². The normalized spacial score (nSPS) is 12.5. The van der Waals surface area contributed by atoms with Gasteiger partial charge in [0.2, 0.25) is 11.8 Å². The molecule has 0 bridgehead atoms. The van der Waals surface area contributed by atoms with Crippen LogP contribution in [-0.2, 0) is 9.59 Å². The van der Waals surface area contributed by atoms with E-state index in [4.69, 9.17) is 0 Å². The molecule has 1 aromatic carbocycles. The maximum absolute atomic E-state index is 12.2. The summed E-state index contributed by atoms with van der Waals surface area (Å²) in [6, 6.07) is 6.91. The number of carbonyl (C=O) groups excluding carboxylic acids is 2. The second kappa shape index (κ2) is 7.13. The number of hydrogen-bond acceptors (Lipinski definition) is 4. The Kier molecular flexibility index (Phi) is 5.39. The van der Waals surface area contributed by atoms with Gasteiger partial charge in [-0.05, 0) is 26.0 Å². The van der Waals surface area contributed by atoms with Crippen molar-refractivity contribution in [3.8, 4) is 11.3 Å². The van der Waals surface area contributed by atoms with E-state index < -0.39 is 11.5 Å². The van der Waals surface area contributed by atoms with Crippen LogP contribution in [0.4, 0.5) is 5.69 Å². The fraction of sp³-hybridized carbons (Fsp3) is 0.389. The third-order valence-corrected chi connectivity index (χ3v) is 4.26. The van der Waals surface area contributed by atoms with E-state index in [1.807, 2.05) is 57.3 Å². The number of rotatable bonds is 4. The lowest BCUT2D eigenvalue weighted by atomic mass is 9.95. The third kappa shape index (κ3) is 4.64. The summed E-state index contributed by atoms with van der Waals surface area (Å²) < 4.78 is 0. The zero-order valence-electron chi connectivity index (χ0n) is 14.6. The predicted octanol–water partition coefficient (Wildman–Crippen LogP) is 3.61. The van der Waals surface area contributed by atoms with Gasteiger partial charge in [-0.15, -0.1) is 11.3 Å². The molecule has 2 N–H and O–H groups in total. The summed E-state index contributed by atoms with van der Waals surface area (Å²) in [6.07, 6.45) is 0. The van der Waals surface area contributed by atoms with Crippen molar-refractivity contribution >= 4 is 28.8 Å². The van der Waals surface area contributed by atoms with E-state index in [2.05, 4.69) is 15.6 Å². The van der Waals surface area contributed by atoms with Crippen LogP contribution < -0.4 is 10.6 Å². The van der Waals surface area contributed by atoms with Crippen molar-refractivity contribution in [2.45, 2.75) is 40.7 Å². The average molecular weight is 345 g/mol. The minimum Gasteiger partial charge on any atom is -0.344 e. The molecular formula is C18H23N3O2S. The maximum Gasteiger partial charge on any atom is 0.246 e. The monoisotopic (exact) mass is 345 g/mol. The SMILES string of the molecule is Cc1nc(-c2ccc(NC(=O)C(C)NC(=O)C(C)(C)C)cc2)cs1. The number of aromatic nitrogens is 1. The second-order valence-electron chi connectivity index (χ2n) is 6.76. The van der Waals surface area contributed by atoms with Gasteiger partial charge in [-0.2, -0.15) is 0 Å². The molecule has 24 heavy (non-hydrogen) atoms. The first kappa shape index (κ1) is 18.1. The molecular weight excluding hydrogens is 322 g/mol. The van der Waals surface area contributed by atoms with Crippen molar-refractivity contribution in [2.75, 3.05) is 5.32 Å². The zero-order chi connectivity index (χ0) is 17.9. The molecule has 2 aromatic rings. The van der Waals surface area contributed by atoms with E-state index in [1.54, 1.807) is 18.3 Å². The number of anilines is 1. The highest BCUT2D eigenvalue weighted by molar-refractivity contribution is 7.09. The van der Waals surface area contributed by atoms with Gasteiger partial charge in [-0.25, -0.2) is 4.98 Å². The molecule has 0 aliphatic rings. The van der Waals surface area contributed by atoms with Crippen LogP contribution in [0, 0.1) is 12.3 Å². The Morgan fingerprint density at radius 1 is 1.17 bits per heavy atom. The lowest BCUT2D eigenvalue weighted by Gasteiger charge is -2.21. The van der Waals surface area contributed by atoms with Gasteiger partial charge in [-0.3, -0.25) is 9.59 Å². The Labute approximate surface area is 146 Å². The molecule has 0 aliphatic carbocycles. The molecule has 2 amide bonds. The van der Waals surface area contributed by atoms with Gasteiger partial charge < -0.3 is 10.6 Å². The van der Waals surface area contributed by atoms with Gasteiger partial charge in [-0.1, -0.05) is 32.9 Å². The van der Waals surface area contributed by atoms with Crippen molar-refractivity contribution in [2.24, 2.45) is 5.41 Å². The quantitative estimate of drug-likeness (QED) is 0.889. The summed E-state index contributed by atoms with van der Waals surface area (Å²) >= 11 is 1.60. The Morgan fingerprint density at radius 2 is 1.79 bits per heavy atom. The standard InChI is InChI=1S/C18H23N3O2S/c1-11(19-17(23)18(3,4)5)16(22)21-14-8-6-13(7-9-14)15-10-24-12(2)20-15/h6-11H,1-5H3,(H,19,23)(H,21,22). The molecule has 128 valence electrons. The Hall–Kier alpha value is -2.21. The second-order valence-corrected chi connectivity index (χ2v) is 7.83. The van der Waals surface area contributed by atoms with E-state index in [0.717, 1.165) is 16.3 Å². The van der Waals surface area contributed by atoms with E-state index in [-0.39, 0.29) is 11.8 Å². The number of hydrogen-bond donors (Lipinski definition) is 2. The molecule has 0 radical (unpaired) electrons. The topological polar surface area (TPSA) is 71.1 Å². The molecule has 1 heterocycles. The van der Waals surface area contributed by atoms with Gasteiger partial charge in [0, 0.05) is 22.0 Å². The third-order valence-electron chi connectivity index (χ3n) is 3.49. The van der Waals surface area contributed by atoms with Crippen molar-refractivity contribution in [1.82, 2.24) is 10.3 Å². The zero-order valence-corrected chi connectivity index (χ0v) is 15.5. The summed E-state index contributed by atoms with van der Waals surface area (Å²) in [4.78, 5) is 28.6. The summed E-state index contributed by atoms with van der Waals surface area (Å²) in [5, 5.41) is 8.56. The predicted molar refractivity (Wildman–Crippen MR) is 98.0 cm³/mol. The van der Waals surface area contributed by atoms with Crippen LogP contribution in [0.1, 0.15) is 32.7 Å². The van der Waals surface area contributed by atoms with Crippen LogP contribution in [0.3, 0.4) is 0 Å². The van der Waals surface area contributed by atoms with Gasteiger partial charge in [0.05, 0.1) is 10.7 Å². The fourth-order valence-electron chi connectivity index (χ4n) is 1.95. The molecule has 2 rings (SSSR count). The number of aryl methyl sites for hydroxylation is 1. The van der Waals surface area contributed by atoms with Crippen molar-refractivity contribution in [3.63, 3.8) is 0 Å². The largest absolute Gasteiger partial charge is 0.344 e. The molecule has 0 aliphatic heterocycles. The number of nitrogens with zero attached hydrogens (tertiary/aromatic N) is 1. The summed E-state index contributed by atoms with van der Waals surface area (Å²) in [6.45, 7) is 9.07. The first-order valence-electron chi connectivity index (χ1n) is 7.81. The van der Waals surface area contributed by atoms with Crippen LogP contribution in [0.2, 0.25) is 0 Å². The highest BCUT2D eigenvalue weighted by Gasteiger charge is 2.25. The minimum atomic E-state index is -0.599. The van der Waals surface area contributed by atoms with E-state index in [1.165, 1.54) is 0 Å². The van der Waals surface area contributed by atoms with Crippen molar-refractivity contribution in [1.29, 1.82) is 0 Å². The first-order valence-corrected chi connectivity index (χ1v) is 8.69. The Morgan fingerprint density at radius 3 is 2.29 bits per heavy atom. The number of thiazole rings is 1. The van der Waals surface area contributed by atoms with Crippen LogP contribution in [-0.4, -0.2) is 22.8 Å². The number of nitrogens with one attached hydrogen (secondary N) is 2. The molecule has 0 fully saturated rings. The lowest BCUT2D eigenvalue weighted by Crippen LogP contribution is -2.46. The maximum atomic E-state index is 12.2. The van der Waals surface area contributed by atoms with Crippen LogP contribution >= 0.6 is 11.3 Å².